The predicted molar refractivity (Wildman–Crippen MR) is 166 cm³/mol. The fourth-order valence-corrected chi connectivity index (χ4v) is 7.12. The largest absolute Gasteiger partial charge is 0.506 e. The number of esters is 1. The molecule has 41 heavy (non-hydrogen) atoms. The lowest BCUT2D eigenvalue weighted by molar-refractivity contribution is 0.0233. The SMILES string of the molecule is CCCc1cc(Br)c(O)c(C2(c3c(O)c(Br)cc(CCC)c3CCC)OC(=O)c3cc(C(=O)O)ccc32)c1CCC. The van der Waals surface area contributed by atoms with Gasteiger partial charge >= 0.3 is 11.9 Å². The van der Waals surface area contributed by atoms with Gasteiger partial charge in [-0.1, -0.05) is 59.4 Å². The molecule has 0 aromatic heterocycles. The number of fused-ring (bicyclic) bond motifs is 1. The molecular formula is C33H36Br2O6. The quantitative estimate of drug-likeness (QED) is 0.175. The van der Waals surface area contributed by atoms with E-state index in [4.69, 9.17) is 4.74 Å². The molecule has 4 rings (SSSR count). The van der Waals surface area contributed by atoms with Crippen LogP contribution in [0.2, 0.25) is 0 Å². The van der Waals surface area contributed by atoms with Crippen LogP contribution < -0.4 is 0 Å². The number of halogens is 2. The average Bonchev–Trinajstić information content (AvgIpc) is 3.22. The molecule has 0 saturated heterocycles. The van der Waals surface area contributed by atoms with E-state index < -0.39 is 17.5 Å². The van der Waals surface area contributed by atoms with E-state index in [9.17, 15) is 24.9 Å². The Hall–Kier alpha value is -2.84. The van der Waals surface area contributed by atoms with Crippen molar-refractivity contribution in [2.24, 2.45) is 0 Å². The number of rotatable bonds is 11. The highest BCUT2D eigenvalue weighted by Gasteiger charge is 2.54. The van der Waals surface area contributed by atoms with Crippen molar-refractivity contribution in [3.63, 3.8) is 0 Å². The van der Waals surface area contributed by atoms with Gasteiger partial charge in [0.25, 0.3) is 0 Å². The molecule has 1 aliphatic rings. The Balaban J connectivity index is 2.30. The zero-order chi connectivity index (χ0) is 30.1. The first-order chi connectivity index (χ1) is 19.6. The number of carbonyl (C=O) groups excluding carboxylic acids is 1. The minimum atomic E-state index is -1.72. The molecule has 0 bridgehead atoms. The van der Waals surface area contributed by atoms with Gasteiger partial charge in [0.1, 0.15) is 11.5 Å². The van der Waals surface area contributed by atoms with Crippen molar-refractivity contribution in [3.8, 4) is 11.5 Å². The van der Waals surface area contributed by atoms with Crippen LogP contribution in [0.1, 0.15) is 113 Å². The van der Waals surface area contributed by atoms with Gasteiger partial charge in [-0.2, -0.15) is 0 Å². The molecule has 0 radical (unpaired) electrons. The van der Waals surface area contributed by atoms with Crippen LogP contribution in [-0.2, 0) is 36.0 Å². The summed E-state index contributed by atoms with van der Waals surface area (Å²) in [4.78, 5) is 25.6. The Morgan fingerprint density at radius 3 is 1.66 bits per heavy atom. The topological polar surface area (TPSA) is 104 Å². The number of phenolic OH excluding ortho intramolecular Hbond substituents is 2. The van der Waals surface area contributed by atoms with Crippen molar-refractivity contribution < 1.29 is 29.6 Å². The van der Waals surface area contributed by atoms with Gasteiger partial charge < -0.3 is 20.1 Å². The third-order valence-corrected chi connectivity index (χ3v) is 8.97. The summed E-state index contributed by atoms with van der Waals surface area (Å²) in [5, 5.41) is 33.4. The lowest BCUT2D eigenvalue weighted by Crippen LogP contribution is -2.33. The average molecular weight is 688 g/mol. The number of hydrogen-bond acceptors (Lipinski definition) is 5. The standard InChI is InChI=1S/C33H36Br2O6/c1-5-9-18-16-25(34)29(36)27(21(18)11-7-3)33(24-14-13-20(31(38)39)15-23(24)32(40)41-33)28-22(12-8-4)19(10-6-2)17-26(35)30(28)37/h13-17,36-37H,5-12H2,1-4H3,(H,38,39). The van der Waals surface area contributed by atoms with Gasteiger partial charge in [0.2, 0.25) is 0 Å². The maximum Gasteiger partial charge on any atom is 0.340 e. The van der Waals surface area contributed by atoms with Gasteiger partial charge in [0, 0.05) is 5.56 Å². The summed E-state index contributed by atoms with van der Waals surface area (Å²) in [7, 11) is 0. The van der Waals surface area contributed by atoms with Gasteiger partial charge in [-0.05, 0) is 104 Å². The van der Waals surface area contributed by atoms with E-state index in [1.165, 1.54) is 12.1 Å². The molecule has 218 valence electrons. The number of carbonyl (C=O) groups is 2. The fraction of sp³-hybridized carbons (Fsp3) is 0.394. The molecule has 0 aliphatic carbocycles. The highest BCUT2D eigenvalue weighted by molar-refractivity contribution is 9.10. The lowest BCUT2D eigenvalue weighted by atomic mass is 9.72. The Kier molecular flexibility index (Phi) is 9.54. The number of carboxylic acid groups (broad SMARTS) is 1. The van der Waals surface area contributed by atoms with Gasteiger partial charge in [0.15, 0.2) is 5.60 Å². The normalized spacial score (nSPS) is 13.8. The second-order valence-corrected chi connectivity index (χ2v) is 12.3. The Labute approximate surface area is 258 Å². The third kappa shape index (κ3) is 5.29. The first-order valence-electron chi connectivity index (χ1n) is 14.3. The molecule has 0 spiro atoms. The molecule has 3 aromatic carbocycles. The Morgan fingerprint density at radius 1 is 0.780 bits per heavy atom. The van der Waals surface area contributed by atoms with Crippen LogP contribution in [-0.4, -0.2) is 27.3 Å². The fourth-order valence-electron chi connectivity index (χ4n) is 6.18. The van der Waals surface area contributed by atoms with E-state index in [0.717, 1.165) is 60.8 Å². The van der Waals surface area contributed by atoms with Crippen LogP contribution >= 0.6 is 31.9 Å². The van der Waals surface area contributed by atoms with Crippen molar-refractivity contribution in [2.75, 3.05) is 0 Å². The highest BCUT2D eigenvalue weighted by Crippen LogP contribution is 2.57. The van der Waals surface area contributed by atoms with Crippen LogP contribution in [0.15, 0.2) is 39.3 Å². The summed E-state index contributed by atoms with van der Waals surface area (Å²) in [6, 6.07) is 8.20. The summed E-state index contributed by atoms with van der Waals surface area (Å²) in [6.45, 7) is 8.27. The van der Waals surface area contributed by atoms with E-state index in [-0.39, 0.29) is 22.6 Å². The molecule has 0 fully saturated rings. The van der Waals surface area contributed by atoms with Gasteiger partial charge in [0.05, 0.1) is 31.2 Å². The maximum absolute atomic E-state index is 13.8. The predicted octanol–water partition coefficient (Wildman–Crippen LogP) is 8.59. The summed E-state index contributed by atoms with van der Waals surface area (Å²) < 4.78 is 7.37. The molecule has 0 atom stereocenters. The van der Waals surface area contributed by atoms with Crippen LogP contribution in [0.4, 0.5) is 0 Å². The number of aromatic carboxylic acids is 1. The third-order valence-electron chi connectivity index (χ3n) is 7.76. The number of cyclic esters (lactones) is 1. The van der Waals surface area contributed by atoms with E-state index in [1.807, 2.05) is 12.1 Å². The number of aromatic hydroxyl groups is 2. The van der Waals surface area contributed by atoms with Crippen molar-refractivity contribution in [1.82, 2.24) is 0 Å². The Morgan fingerprint density at radius 2 is 1.24 bits per heavy atom. The van der Waals surface area contributed by atoms with Gasteiger partial charge in [-0.3, -0.25) is 0 Å². The first-order valence-corrected chi connectivity index (χ1v) is 15.8. The smallest absolute Gasteiger partial charge is 0.340 e. The summed E-state index contributed by atoms with van der Waals surface area (Å²) in [5.74, 6) is -2.02. The molecule has 0 unspecified atom stereocenters. The number of benzene rings is 3. The van der Waals surface area contributed by atoms with Crippen molar-refractivity contribution in [1.29, 1.82) is 0 Å². The minimum absolute atomic E-state index is 0.0469. The molecular weight excluding hydrogens is 652 g/mol. The molecule has 0 amide bonds. The zero-order valence-corrected chi connectivity index (χ0v) is 27.0. The zero-order valence-electron chi connectivity index (χ0n) is 23.9. The second-order valence-electron chi connectivity index (χ2n) is 10.6. The maximum atomic E-state index is 13.8. The van der Waals surface area contributed by atoms with Crippen LogP contribution in [0.3, 0.4) is 0 Å². The summed E-state index contributed by atoms with van der Waals surface area (Å²) >= 11 is 7.13. The molecule has 1 aliphatic heterocycles. The number of ether oxygens (including phenoxy) is 1. The van der Waals surface area contributed by atoms with Crippen molar-refractivity contribution in [3.05, 3.63) is 89.3 Å². The van der Waals surface area contributed by atoms with Gasteiger partial charge in [-0.25, -0.2) is 9.59 Å². The minimum Gasteiger partial charge on any atom is -0.506 e. The molecule has 3 N–H and O–H groups in total. The van der Waals surface area contributed by atoms with Crippen LogP contribution in [0.25, 0.3) is 0 Å². The molecule has 0 saturated carbocycles. The molecule has 6 nitrogen and oxygen atoms in total. The van der Waals surface area contributed by atoms with Crippen molar-refractivity contribution in [2.45, 2.75) is 84.7 Å². The van der Waals surface area contributed by atoms with E-state index in [1.54, 1.807) is 6.07 Å². The first kappa shape index (κ1) is 31.1. The summed E-state index contributed by atoms with van der Waals surface area (Å²) in [6.07, 6.45) is 5.96. The monoisotopic (exact) mass is 686 g/mol. The number of phenols is 2. The van der Waals surface area contributed by atoms with E-state index in [0.29, 0.717) is 38.5 Å². The van der Waals surface area contributed by atoms with E-state index in [2.05, 4.69) is 59.6 Å². The second kappa shape index (κ2) is 12.6. The van der Waals surface area contributed by atoms with Crippen LogP contribution in [0.5, 0.6) is 11.5 Å². The highest BCUT2D eigenvalue weighted by atomic mass is 79.9. The Bertz CT molecular complexity index is 1440. The van der Waals surface area contributed by atoms with E-state index >= 15 is 0 Å². The number of carboxylic acids is 1. The number of aryl methyl sites for hydroxylation is 2. The molecule has 8 heteroatoms. The molecule has 1 heterocycles. The lowest BCUT2D eigenvalue weighted by Gasteiger charge is -2.36. The van der Waals surface area contributed by atoms with Crippen molar-refractivity contribution >= 4 is 43.8 Å². The molecule has 3 aromatic rings. The van der Waals surface area contributed by atoms with Gasteiger partial charge in [-0.15, -0.1) is 0 Å². The van der Waals surface area contributed by atoms with Crippen LogP contribution in [0, 0.1) is 0 Å². The number of hydrogen-bond donors (Lipinski definition) is 3. The summed E-state index contributed by atoms with van der Waals surface area (Å²) in [5.41, 5.74) is 3.28.